The first kappa shape index (κ1) is 6.57. The molecule has 2 atom stereocenters. The van der Waals surface area contributed by atoms with Crippen molar-refractivity contribution in [3.8, 4) is 0 Å². The van der Waals surface area contributed by atoms with Gasteiger partial charge in [0.1, 0.15) is 0 Å². The Hall–Kier alpha value is -1.13. The summed E-state index contributed by atoms with van der Waals surface area (Å²) in [6, 6.07) is 0.889. The van der Waals surface area contributed by atoms with Gasteiger partial charge in [0.25, 0.3) is 0 Å². The molecule has 5 heteroatoms. The van der Waals surface area contributed by atoms with Crippen LogP contribution in [0.4, 0.5) is 5.95 Å². The molecule has 2 heterocycles. The zero-order valence-electron chi connectivity index (χ0n) is 6.65. The lowest BCUT2D eigenvalue weighted by molar-refractivity contribution is 0.405. The number of nitrogens with zero attached hydrogens (tertiary/aromatic N) is 4. The Bertz CT molecular complexity index is 255. The third kappa shape index (κ3) is 0.961. The fourth-order valence-electron chi connectivity index (χ4n) is 1.48. The lowest BCUT2D eigenvalue weighted by Gasteiger charge is -2.25. The molecule has 0 fully saturated rings. The molecule has 0 aromatic carbocycles. The van der Waals surface area contributed by atoms with E-state index in [1.165, 1.54) is 0 Å². The molecule has 0 amide bonds. The number of hydrogen-bond acceptors (Lipinski definition) is 4. The Morgan fingerprint density at radius 3 is 3.18 bits per heavy atom. The van der Waals surface area contributed by atoms with Gasteiger partial charge < -0.3 is 5.32 Å². The number of tetrazole rings is 1. The van der Waals surface area contributed by atoms with Crippen molar-refractivity contribution in [1.82, 2.24) is 20.2 Å². The number of hydrogen-bond donors (Lipinski definition) is 1. The van der Waals surface area contributed by atoms with Crippen LogP contribution < -0.4 is 5.32 Å². The van der Waals surface area contributed by atoms with E-state index in [9.17, 15) is 0 Å². The minimum Gasteiger partial charge on any atom is -0.351 e. The Kier molecular flexibility index (Phi) is 1.30. The molecule has 11 heavy (non-hydrogen) atoms. The first-order valence-corrected chi connectivity index (χ1v) is 3.82. The fraction of sp³-hybridized carbons (Fsp3) is 0.833. The summed E-state index contributed by atoms with van der Waals surface area (Å²) in [5, 5.41) is 14.5. The molecule has 2 rings (SSSR count). The van der Waals surface area contributed by atoms with E-state index in [4.69, 9.17) is 0 Å². The van der Waals surface area contributed by atoms with Gasteiger partial charge in [0, 0.05) is 6.04 Å². The second-order valence-electron chi connectivity index (χ2n) is 3.08. The Labute approximate surface area is 64.8 Å². The highest BCUT2D eigenvalue weighted by atomic mass is 15.6. The summed E-state index contributed by atoms with van der Waals surface area (Å²) < 4.78 is 1.82. The van der Waals surface area contributed by atoms with E-state index in [-0.39, 0.29) is 0 Å². The van der Waals surface area contributed by atoms with Crippen LogP contribution in [0.15, 0.2) is 0 Å². The normalized spacial score (nSPS) is 29.3. The molecule has 60 valence electrons. The van der Waals surface area contributed by atoms with Gasteiger partial charge in [0.2, 0.25) is 5.95 Å². The number of fused-ring (bicyclic) bond motifs is 1. The van der Waals surface area contributed by atoms with E-state index >= 15 is 0 Å². The van der Waals surface area contributed by atoms with Gasteiger partial charge in [-0.15, -0.1) is 0 Å². The first-order valence-electron chi connectivity index (χ1n) is 3.82. The highest BCUT2D eigenvalue weighted by Gasteiger charge is 2.21. The van der Waals surface area contributed by atoms with Crippen LogP contribution in [0.2, 0.25) is 0 Å². The standard InChI is InChI=1S/C6H11N5/c1-4-3-5(2)11-6(7-4)8-9-10-11/h4-5H,3H2,1-2H3,(H,7,8,10). The SMILES string of the molecule is CC1CC(C)n2nnnc2N1. The third-order valence-corrected chi connectivity index (χ3v) is 1.98. The minimum absolute atomic E-state index is 0.413. The van der Waals surface area contributed by atoms with E-state index in [1.807, 2.05) is 4.68 Å². The van der Waals surface area contributed by atoms with Crippen LogP contribution in [0.25, 0.3) is 0 Å². The van der Waals surface area contributed by atoms with Crippen LogP contribution in [0.1, 0.15) is 26.3 Å². The largest absolute Gasteiger partial charge is 0.351 e. The molecule has 1 aliphatic rings. The van der Waals surface area contributed by atoms with Gasteiger partial charge in [-0.2, -0.15) is 0 Å². The number of aromatic nitrogens is 4. The molecule has 0 radical (unpaired) electrons. The number of nitrogens with one attached hydrogen (secondary N) is 1. The average Bonchev–Trinajstić information content (AvgIpc) is 2.34. The van der Waals surface area contributed by atoms with Crippen molar-refractivity contribution in [2.75, 3.05) is 5.32 Å². The van der Waals surface area contributed by atoms with E-state index < -0.39 is 0 Å². The van der Waals surface area contributed by atoms with Crippen LogP contribution in [0.5, 0.6) is 0 Å². The molecule has 1 aromatic rings. The number of rotatable bonds is 0. The van der Waals surface area contributed by atoms with Crippen molar-refractivity contribution in [2.45, 2.75) is 32.4 Å². The summed E-state index contributed by atoms with van der Waals surface area (Å²) in [7, 11) is 0. The Balaban J connectivity index is 2.36. The molecule has 1 aliphatic heterocycles. The lowest BCUT2D eigenvalue weighted by Crippen LogP contribution is -2.29. The summed E-state index contributed by atoms with van der Waals surface area (Å²) in [5.74, 6) is 0.788. The second kappa shape index (κ2) is 2.18. The quantitative estimate of drug-likeness (QED) is 0.587. The molecular formula is C6H11N5. The molecule has 5 nitrogen and oxygen atoms in total. The lowest BCUT2D eigenvalue weighted by atomic mass is 10.1. The molecular weight excluding hydrogens is 142 g/mol. The molecule has 1 aromatic heterocycles. The third-order valence-electron chi connectivity index (χ3n) is 1.98. The van der Waals surface area contributed by atoms with Crippen molar-refractivity contribution in [2.24, 2.45) is 0 Å². The van der Waals surface area contributed by atoms with Gasteiger partial charge in [-0.05, 0) is 30.7 Å². The van der Waals surface area contributed by atoms with E-state index in [2.05, 4.69) is 34.7 Å². The van der Waals surface area contributed by atoms with Gasteiger partial charge in [0.15, 0.2) is 0 Å². The predicted octanol–water partition coefficient (Wildman–Crippen LogP) is 0.438. The van der Waals surface area contributed by atoms with Gasteiger partial charge in [-0.25, -0.2) is 4.68 Å². The zero-order chi connectivity index (χ0) is 7.84. The van der Waals surface area contributed by atoms with E-state index in [0.717, 1.165) is 12.4 Å². The highest BCUT2D eigenvalue weighted by molar-refractivity contribution is 5.26. The molecule has 0 aliphatic carbocycles. The Morgan fingerprint density at radius 1 is 1.55 bits per heavy atom. The molecule has 0 saturated carbocycles. The Morgan fingerprint density at radius 2 is 2.36 bits per heavy atom. The maximum absolute atomic E-state index is 3.87. The highest BCUT2D eigenvalue weighted by Crippen LogP contribution is 2.22. The summed E-state index contributed by atoms with van der Waals surface area (Å²) in [5.41, 5.74) is 0. The minimum atomic E-state index is 0.413. The van der Waals surface area contributed by atoms with Crippen LogP contribution in [-0.4, -0.2) is 26.2 Å². The van der Waals surface area contributed by atoms with Crippen molar-refractivity contribution in [3.63, 3.8) is 0 Å². The van der Waals surface area contributed by atoms with Crippen LogP contribution >= 0.6 is 0 Å². The summed E-state index contributed by atoms with van der Waals surface area (Å²) in [4.78, 5) is 0. The first-order chi connectivity index (χ1) is 5.27. The second-order valence-corrected chi connectivity index (χ2v) is 3.08. The van der Waals surface area contributed by atoms with Crippen LogP contribution in [0.3, 0.4) is 0 Å². The van der Waals surface area contributed by atoms with Crippen molar-refractivity contribution in [1.29, 1.82) is 0 Å². The van der Waals surface area contributed by atoms with Gasteiger partial charge in [0.05, 0.1) is 6.04 Å². The summed E-state index contributed by atoms with van der Waals surface area (Å²) in [6.45, 7) is 4.26. The molecule has 0 bridgehead atoms. The van der Waals surface area contributed by atoms with E-state index in [1.54, 1.807) is 0 Å². The van der Waals surface area contributed by atoms with Gasteiger partial charge >= 0.3 is 0 Å². The smallest absolute Gasteiger partial charge is 0.243 e. The van der Waals surface area contributed by atoms with E-state index in [0.29, 0.717) is 12.1 Å². The predicted molar refractivity (Wildman–Crippen MR) is 40.2 cm³/mol. The average molecular weight is 153 g/mol. The van der Waals surface area contributed by atoms with Gasteiger partial charge in [-0.1, -0.05) is 5.10 Å². The maximum atomic E-state index is 3.87. The van der Waals surface area contributed by atoms with Gasteiger partial charge in [-0.3, -0.25) is 0 Å². The van der Waals surface area contributed by atoms with Crippen molar-refractivity contribution < 1.29 is 0 Å². The summed E-state index contributed by atoms with van der Waals surface area (Å²) in [6.07, 6.45) is 1.08. The van der Waals surface area contributed by atoms with Crippen LogP contribution in [-0.2, 0) is 0 Å². The van der Waals surface area contributed by atoms with Crippen molar-refractivity contribution >= 4 is 5.95 Å². The monoisotopic (exact) mass is 153 g/mol. The number of anilines is 1. The topological polar surface area (TPSA) is 55.6 Å². The summed E-state index contributed by atoms with van der Waals surface area (Å²) >= 11 is 0. The van der Waals surface area contributed by atoms with Crippen molar-refractivity contribution in [3.05, 3.63) is 0 Å². The molecule has 2 unspecified atom stereocenters. The zero-order valence-corrected chi connectivity index (χ0v) is 6.65. The fourth-order valence-corrected chi connectivity index (χ4v) is 1.48. The molecule has 1 N–H and O–H groups in total. The van der Waals surface area contributed by atoms with Crippen LogP contribution in [0, 0.1) is 0 Å². The maximum Gasteiger partial charge on any atom is 0.243 e. The molecule has 0 spiro atoms. The molecule has 0 saturated heterocycles.